The van der Waals surface area contributed by atoms with Gasteiger partial charge in [-0.15, -0.1) is 11.8 Å². The number of pyridine rings is 1. The lowest BCUT2D eigenvalue weighted by Gasteiger charge is -2.35. The second kappa shape index (κ2) is 16.5. The highest BCUT2D eigenvalue weighted by atomic mass is 32.2. The fourth-order valence-electron chi connectivity index (χ4n) is 8.72. The van der Waals surface area contributed by atoms with Gasteiger partial charge in [0.05, 0.1) is 52.3 Å². The number of amides is 1. The number of nitrogens with zero attached hydrogens (tertiary/aromatic N) is 6. The molecular weight excluding hydrogens is 777 g/mol. The summed E-state index contributed by atoms with van der Waals surface area (Å²) in [5, 5.41) is 2.76. The van der Waals surface area contributed by atoms with E-state index in [2.05, 4.69) is 76.6 Å². The zero-order valence-electron chi connectivity index (χ0n) is 34.6. The fraction of sp³-hybridized carbons (Fsp3) is 0.619. The Balaban J connectivity index is 1.26. The van der Waals surface area contributed by atoms with Crippen molar-refractivity contribution < 1.29 is 27.5 Å². The molecule has 1 unspecified atom stereocenters. The van der Waals surface area contributed by atoms with Crippen LogP contribution in [0, 0.1) is 5.41 Å². The van der Waals surface area contributed by atoms with E-state index in [1.54, 1.807) is 18.9 Å². The number of fused-ring (bicyclic) bond motifs is 5. The third kappa shape index (κ3) is 8.42. The summed E-state index contributed by atoms with van der Waals surface area (Å²) < 4.78 is 43.6. The number of thioether (sulfide) groups is 1. The van der Waals surface area contributed by atoms with Crippen LogP contribution in [0.2, 0.25) is 0 Å². The molecule has 5 aliphatic rings. The van der Waals surface area contributed by atoms with E-state index in [1.807, 2.05) is 13.1 Å². The van der Waals surface area contributed by atoms with Gasteiger partial charge in [-0.2, -0.15) is 0 Å². The van der Waals surface area contributed by atoms with Crippen LogP contribution in [0.1, 0.15) is 88.8 Å². The molecule has 2 saturated heterocycles. The molecular formula is C42H58N8O6S2. The Morgan fingerprint density at radius 3 is 2.60 bits per heavy atom. The predicted octanol–water partition coefficient (Wildman–Crippen LogP) is 4.83. The van der Waals surface area contributed by atoms with E-state index in [0.29, 0.717) is 44.4 Å². The molecule has 16 heteroatoms. The number of cyclic esters (lactones) is 1. The van der Waals surface area contributed by atoms with Gasteiger partial charge in [-0.1, -0.05) is 19.9 Å². The standard InChI is InChI=1S/C42H58N8O6S2/c1-7-49-36-13-10-27-19-30(36)32(39(49)31-20-28(23-43-38(31)26(2)55-6)48-17-15-47(5)16-18-48)22-42(3,4)25-56-41(52)33-9-8-14-50(45-33)40(51)34(21-37-44-35(27)24-57-37)46-58(53,54)29-11-12-29/h10,13,19-20,23,26,29,33-35,45-46H,7-9,11-12,14-18,21-22,24-25H2,1-6H3/t26-,33-,34-,35?/m0/s1. The maximum absolute atomic E-state index is 14.1. The van der Waals surface area contributed by atoms with Crippen LogP contribution in [0.4, 0.5) is 5.69 Å². The van der Waals surface area contributed by atoms with E-state index < -0.39 is 44.6 Å². The van der Waals surface area contributed by atoms with Crippen LogP contribution in [-0.4, -0.2) is 121 Å². The summed E-state index contributed by atoms with van der Waals surface area (Å²) in [6, 6.07) is 6.94. The zero-order chi connectivity index (χ0) is 40.9. The number of sulfonamides is 1. The predicted molar refractivity (Wildman–Crippen MR) is 228 cm³/mol. The van der Waals surface area contributed by atoms with Crippen molar-refractivity contribution in [2.24, 2.45) is 10.4 Å². The van der Waals surface area contributed by atoms with E-state index in [1.165, 1.54) is 5.01 Å². The number of likely N-dealkylation sites (N-methyl/N-ethyl adjacent to an activating group) is 1. The van der Waals surface area contributed by atoms with Crippen LogP contribution in [0.3, 0.4) is 0 Å². The number of ether oxygens (including phenoxy) is 2. The number of aryl methyl sites for hydroxylation is 1. The van der Waals surface area contributed by atoms with Crippen LogP contribution in [-0.2, 0) is 42.1 Å². The number of rotatable bonds is 8. The zero-order valence-corrected chi connectivity index (χ0v) is 36.3. The number of aromatic nitrogens is 2. The second-order valence-electron chi connectivity index (χ2n) is 17.4. The average Bonchev–Trinajstić information content (AvgIpc) is 3.93. The lowest BCUT2D eigenvalue weighted by molar-refractivity contribution is -0.154. The number of methoxy groups -OCH3 is 1. The van der Waals surface area contributed by atoms with Gasteiger partial charge in [0.15, 0.2) is 0 Å². The first kappa shape index (κ1) is 41.2. The van der Waals surface area contributed by atoms with Crippen molar-refractivity contribution in [3.8, 4) is 11.3 Å². The first-order valence-corrected chi connectivity index (χ1v) is 23.3. The molecule has 58 heavy (non-hydrogen) atoms. The first-order chi connectivity index (χ1) is 27.7. The SMILES string of the molecule is CCn1c(-c2cc(N3CCN(C)CC3)cnc2[C@H](C)OC)c2c3cc(ccc31)C1CSC(=N1)C[C@H](NS(=O)(=O)C1CC1)C(=O)N1CCC[C@H](N1)C(=O)OCC(C)(C)C2. The number of hydrazine groups is 1. The van der Waals surface area contributed by atoms with Gasteiger partial charge in [-0.3, -0.25) is 24.6 Å². The molecule has 2 N–H and O–H groups in total. The van der Waals surface area contributed by atoms with Crippen molar-refractivity contribution in [1.29, 1.82) is 0 Å². The van der Waals surface area contributed by atoms with Gasteiger partial charge in [0.25, 0.3) is 5.91 Å². The molecule has 14 nitrogen and oxygen atoms in total. The summed E-state index contributed by atoms with van der Waals surface area (Å²) in [6.07, 6.45) is 4.71. The quantitative estimate of drug-likeness (QED) is 0.301. The Morgan fingerprint density at radius 1 is 1.10 bits per heavy atom. The molecule has 1 aliphatic carbocycles. The monoisotopic (exact) mass is 834 g/mol. The molecule has 0 radical (unpaired) electrons. The highest BCUT2D eigenvalue weighted by Crippen LogP contribution is 2.44. The van der Waals surface area contributed by atoms with Crippen LogP contribution in [0.5, 0.6) is 0 Å². The Hall–Kier alpha value is -3.54. The second-order valence-corrected chi connectivity index (χ2v) is 20.5. The van der Waals surface area contributed by atoms with Crippen LogP contribution < -0.4 is 15.0 Å². The number of hydrogen-bond donors (Lipinski definition) is 2. The van der Waals surface area contributed by atoms with Crippen molar-refractivity contribution in [2.45, 2.75) is 102 Å². The Labute approximate surface area is 346 Å². The summed E-state index contributed by atoms with van der Waals surface area (Å²) in [6.45, 7) is 13.5. The van der Waals surface area contributed by atoms with Gasteiger partial charge in [0.1, 0.15) is 12.1 Å². The molecule has 1 saturated carbocycles. The minimum absolute atomic E-state index is 0.133. The van der Waals surface area contributed by atoms with Crippen LogP contribution in [0.25, 0.3) is 22.2 Å². The number of nitrogens with one attached hydrogen (secondary N) is 2. The van der Waals surface area contributed by atoms with Gasteiger partial charge in [0.2, 0.25) is 10.0 Å². The number of carbonyl (C=O) groups is 2. The molecule has 3 fully saturated rings. The lowest BCUT2D eigenvalue weighted by atomic mass is 9.84. The third-order valence-corrected chi connectivity index (χ3v) is 15.4. The highest BCUT2D eigenvalue weighted by Gasteiger charge is 2.42. The molecule has 6 bridgehead atoms. The molecule has 4 aliphatic heterocycles. The number of piperazine rings is 1. The maximum Gasteiger partial charge on any atom is 0.324 e. The third-order valence-electron chi connectivity index (χ3n) is 12.3. The first-order valence-electron chi connectivity index (χ1n) is 20.8. The summed E-state index contributed by atoms with van der Waals surface area (Å²) >= 11 is 1.57. The van der Waals surface area contributed by atoms with Crippen LogP contribution >= 0.6 is 11.8 Å². The molecule has 1 aromatic carbocycles. The van der Waals surface area contributed by atoms with E-state index in [-0.39, 0.29) is 25.2 Å². The van der Waals surface area contributed by atoms with E-state index in [9.17, 15) is 18.0 Å². The smallest absolute Gasteiger partial charge is 0.324 e. The number of esters is 1. The molecule has 314 valence electrons. The Bertz CT molecular complexity index is 2200. The summed E-state index contributed by atoms with van der Waals surface area (Å²) in [7, 11) is 0.181. The topological polar surface area (TPSA) is 151 Å². The Morgan fingerprint density at radius 2 is 1.88 bits per heavy atom. The fourth-order valence-corrected chi connectivity index (χ4v) is 11.4. The average molecular weight is 835 g/mol. The molecule has 2 aromatic heterocycles. The van der Waals surface area contributed by atoms with Gasteiger partial charge in [-0.05, 0) is 82.3 Å². The number of aliphatic imine (C=N–C) groups is 1. The minimum atomic E-state index is -3.70. The van der Waals surface area contributed by atoms with Crippen molar-refractivity contribution >= 4 is 55.3 Å². The number of hydrogen-bond acceptors (Lipinski definition) is 12. The normalized spacial score (nSPS) is 25.4. The Kier molecular flexibility index (Phi) is 11.7. The molecule has 3 aromatic rings. The largest absolute Gasteiger partial charge is 0.464 e. The van der Waals surface area contributed by atoms with Crippen LogP contribution in [0.15, 0.2) is 35.5 Å². The van der Waals surface area contributed by atoms with Crippen molar-refractivity contribution in [3.05, 3.63) is 47.3 Å². The molecule has 1 amide bonds. The molecule has 4 atom stereocenters. The van der Waals surface area contributed by atoms with E-state index in [4.69, 9.17) is 19.5 Å². The van der Waals surface area contributed by atoms with Crippen molar-refractivity contribution in [3.63, 3.8) is 0 Å². The highest BCUT2D eigenvalue weighted by molar-refractivity contribution is 8.14. The van der Waals surface area contributed by atoms with Gasteiger partial charge in [0, 0.05) is 80.4 Å². The number of benzene rings is 1. The molecule has 6 heterocycles. The van der Waals surface area contributed by atoms with Gasteiger partial charge < -0.3 is 23.8 Å². The van der Waals surface area contributed by atoms with Gasteiger partial charge >= 0.3 is 5.97 Å². The molecule has 0 spiro atoms. The van der Waals surface area contributed by atoms with Crippen molar-refractivity contribution in [2.75, 3.05) is 64.1 Å². The lowest BCUT2D eigenvalue weighted by Crippen LogP contribution is -2.60. The van der Waals surface area contributed by atoms with Gasteiger partial charge in [-0.25, -0.2) is 18.6 Å². The van der Waals surface area contributed by atoms with E-state index >= 15 is 0 Å². The number of carbonyl (C=O) groups excluding carboxylic acids is 2. The minimum Gasteiger partial charge on any atom is -0.464 e. The summed E-state index contributed by atoms with van der Waals surface area (Å²) in [4.78, 5) is 42.9. The summed E-state index contributed by atoms with van der Waals surface area (Å²) in [5.74, 6) is -0.167. The van der Waals surface area contributed by atoms with Crippen molar-refractivity contribution in [1.82, 2.24) is 29.6 Å². The molecule has 8 rings (SSSR count). The maximum atomic E-state index is 14.1. The number of anilines is 1. The van der Waals surface area contributed by atoms with E-state index in [0.717, 1.165) is 82.4 Å². The summed E-state index contributed by atoms with van der Waals surface area (Å²) in [5.41, 5.74) is 9.99.